The minimum Gasteiger partial charge on any atom is -0.444 e. The molecule has 0 unspecified atom stereocenters. The molecular weight excluding hydrogens is 347 g/mol. The number of hydrogen-bond donors (Lipinski definition) is 0. The molecule has 0 saturated heterocycles. The Bertz CT molecular complexity index is 670. The zero-order valence-corrected chi connectivity index (χ0v) is 15.5. The minimum absolute atomic E-state index is 0.0211. The maximum absolute atomic E-state index is 13.5. The van der Waals surface area contributed by atoms with E-state index in [2.05, 4.69) is 5.10 Å². The van der Waals surface area contributed by atoms with E-state index in [1.807, 2.05) is 0 Å². The predicted octanol–water partition coefficient (Wildman–Crippen LogP) is 4.70. The summed E-state index contributed by atoms with van der Waals surface area (Å²) >= 11 is 0. The van der Waals surface area contributed by atoms with Gasteiger partial charge in [0.25, 0.3) is 0 Å². The normalized spacial score (nSPS) is 19.4. The molecule has 1 aliphatic heterocycles. The number of ether oxygens (including phenoxy) is 1. The zero-order chi connectivity index (χ0) is 19.1. The van der Waals surface area contributed by atoms with Gasteiger partial charge in [0.15, 0.2) is 5.69 Å². The highest BCUT2D eigenvalue weighted by atomic mass is 19.4. The maximum atomic E-state index is 13.5. The van der Waals surface area contributed by atoms with E-state index in [0.717, 1.165) is 32.1 Å². The van der Waals surface area contributed by atoms with Gasteiger partial charge in [0.1, 0.15) is 5.60 Å². The topological polar surface area (TPSA) is 47.4 Å². The highest BCUT2D eigenvalue weighted by Crippen LogP contribution is 2.38. The summed E-state index contributed by atoms with van der Waals surface area (Å²) in [4.78, 5) is 13.8. The van der Waals surface area contributed by atoms with E-state index in [0.29, 0.717) is 5.69 Å². The molecule has 0 spiro atoms. The van der Waals surface area contributed by atoms with Gasteiger partial charge in [0.05, 0.1) is 18.3 Å². The van der Waals surface area contributed by atoms with Crippen molar-refractivity contribution in [1.82, 2.24) is 14.7 Å². The molecular formula is C18H26F3N3O2. The lowest BCUT2D eigenvalue weighted by molar-refractivity contribution is -0.142. The van der Waals surface area contributed by atoms with Crippen LogP contribution in [0.1, 0.15) is 75.9 Å². The van der Waals surface area contributed by atoms with Gasteiger partial charge < -0.3 is 9.64 Å². The average molecular weight is 373 g/mol. The number of nitrogens with zero attached hydrogens (tertiary/aromatic N) is 3. The highest BCUT2D eigenvalue weighted by Gasteiger charge is 2.42. The van der Waals surface area contributed by atoms with Gasteiger partial charge in [-0.15, -0.1) is 0 Å². The third kappa shape index (κ3) is 3.99. The Morgan fingerprint density at radius 2 is 1.81 bits per heavy atom. The van der Waals surface area contributed by atoms with E-state index in [-0.39, 0.29) is 31.1 Å². The number of amides is 1. The Hall–Kier alpha value is -1.73. The summed E-state index contributed by atoms with van der Waals surface area (Å²) in [6, 6.07) is -0.0211. The van der Waals surface area contributed by atoms with Crippen LogP contribution >= 0.6 is 0 Å². The molecule has 0 N–H and O–H groups in total. The second kappa shape index (κ2) is 6.78. The van der Waals surface area contributed by atoms with E-state index in [1.165, 1.54) is 4.90 Å². The zero-order valence-electron chi connectivity index (χ0n) is 15.5. The summed E-state index contributed by atoms with van der Waals surface area (Å²) in [7, 11) is 0. The van der Waals surface area contributed by atoms with Gasteiger partial charge in [-0.05, 0) is 40.0 Å². The summed E-state index contributed by atoms with van der Waals surface area (Å²) < 4.78 is 47.3. The van der Waals surface area contributed by atoms with Gasteiger partial charge in [-0.2, -0.15) is 18.3 Å². The molecule has 1 fully saturated rings. The van der Waals surface area contributed by atoms with Crippen molar-refractivity contribution in [3.63, 3.8) is 0 Å². The number of rotatable bonds is 1. The molecule has 2 aliphatic rings. The standard InChI is InChI=1S/C18H26F3N3O2/c1-17(2,3)26-16(25)23-10-9-13-14(11-23)24(12-7-5-4-6-8-12)22-15(13)18(19,20)21/h12H,4-11H2,1-3H3. The largest absolute Gasteiger partial charge is 0.444 e. The van der Waals surface area contributed by atoms with E-state index in [9.17, 15) is 18.0 Å². The molecule has 1 aromatic heterocycles. The summed E-state index contributed by atoms with van der Waals surface area (Å²) in [6.45, 7) is 5.64. The van der Waals surface area contributed by atoms with Crippen molar-refractivity contribution in [1.29, 1.82) is 0 Å². The van der Waals surface area contributed by atoms with Gasteiger partial charge in [-0.1, -0.05) is 19.3 Å². The van der Waals surface area contributed by atoms with Gasteiger partial charge in [-0.25, -0.2) is 4.79 Å². The van der Waals surface area contributed by atoms with Crippen molar-refractivity contribution in [3.8, 4) is 0 Å². The number of carbonyl (C=O) groups is 1. The highest BCUT2D eigenvalue weighted by molar-refractivity contribution is 5.68. The molecule has 146 valence electrons. The molecule has 1 aromatic rings. The first kappa shape index (κ1) is 19.0. The van der Waals surface area contributed by atoms with Gasteiger partial charge in [-0.3, -0.25) is 4.68 Å². The van der Waals surface area contributed by atoms with Crippen LogP contribution in [-0.4, -0.2) is 32.9 Å². The minimum atomic E-state index is -4.47. The van der Waals surface area contributed by atoms with E-state index < -0.39 is 23.6 Å². The smallest absolute Gasteiger partial charge is 0.435 e. The third-order valence-corrected chi connectivity index (χ3v) is 4.93. The van der Waals surface area contributed by atoms with E-state index >= 15 is 0 Å². The Balaban J connectivity index is 1.91. The molecule has 2 heterocycles. The second-order valence-electron chi connectivity index (χ2n) is 8.16. The van der Waals surface area contributed by atoms with Crippen LogP contribution in [0.5, 0.6) is 0 Å². The van der Waals surface area contributed by atoms with E-state index in [4.69, 9.17) is 4.74 Å². The van der Waals surface area contributed by atoms with Crippen LogP contribution in [-0.2, 0) is 23.9 Å². The van der Waals surface area contributed by atoms with Crippen molar-refractivity contribution in [3.05, 3.63) is 17.0 Å². The third-order valence-electron chi connectivity index (χ3n) is 4.93. The van der Waals surface area contributed by atoms with Crippen LogP contribution in [0.25, 0.3) is 0 Å². The summed E-state index contributed by atoms with van der Waals surface area (Å²) in [5.74, 6) is 0. The molecule has 0 radical (unpaired) electrons. The molecule has 0 atom stereocenters. The fraction of sp³-hybridized carbons (Fsp3) is 0.778. The average Bonchev–Trinajstić information content (AvgIpc) is 2.93. The molecule has 0 bridgehead atoms. The first-order valence-corrected chi connectivity index (χ1v) is 9.21. The number of hydrogen-bond acceptors (Lipinski definition) is 3. The van der Waals surface area contributed by atoms with Crippen molar-refractivity contribution < 1.29 is 22.7 Å². The summed E-state index contributed by atoms with van der Waals surface area (Å²) in [5, 5.41) is 3.97. The first-order valence-electron chi connectivity index (χ1n) is 9.21. The van der Waals surface area contributed by atoms with Crippen LogP contribution in [0.15, 0.2) is 0 Å². The second-order valence-corrected chi connectivity index (χ2v) is 8.16. The number of carbonyl (C=O) groups excluding carboxylic acids is 1. The number of aromatic nitrogens is 2. The fourth-order valence-corrected chi connectivity index (χ4v) is 3.78. The Morgan fingerprint density at radius 1 is 1.15 bits per heavy atom. The van der Waals surface area contributed by atoms with Crippen LogP contribution in [0, 0.1) is 0 Å². The van der Waals surface area contributed by atoms with Crippen molar-refractivity contribution in [2.45, 2.75) is 83.7 Å². The number of alkyl halides is 3. The SMILES string of the molecule is CC(C)(C)OC(=O)N1CCc2c(C(F)(F)F)nn(C3CCCCC3)c2C1. The molecule has 0 aromatic carbocycles. The Kier molecular flexibility index (Phi) is 4.96. The summed E-state index contributed by atoms with van der Waals surface area (Å²) in [6.07, 6.45) is -0.0551. The van der Waals surface area contributed by atoms with Crippen LogP contribution < -0.4 is 0 Å². The fourth-order valence-electron chi connectivity index (χ4n) is 3.78. The maximum Gasteiger partial charge on any atom is 0.435 e. The van der Waals surface area contributed by atoms with Crippen molar-refractivity contribution >= 4 is 6.09 Å². The van der Waals surface area contributed by atoms with Crippen molar-refractivity contribution in [2.75, 3.05) is 6.54 Å². The lowest BCUT2D eigenvalue weighted by Gasteiger charge is -2.32. The Morgan fingerprint density at radius 3 is 2.38 bits per heavy atom. The van der Waals surface area contributed by atoms with Gasteiger partial charge in [0.2, 0.25) is 0 Å². The van der Waals surface area contributed by atoms with Crippen LogP contribution in [0.3, 0.4) is 0 Å². The molecule has 8 heteroatoms. The molecule has 5 nitrogen and oxygen atoms in total. The van der Waals surface area contributed by atoms with Crippen LogP contribution in [0.4, 0.5) is 18.0 Å². The predicted molar refractivity (Wildman–Crippen MR) is 89.7 cm³/mol. The summed E-state index contributed by atoms with van der Waals surface area (Å²) in [5.41, 5.74) is -0.677. The quantitative estimate of drug-likeness (QED) is 0.717. The monoisotopic (exact) mass is 373 g/mol. The lowest BCUT2D eigenvalue weighted by atomic mass is 9.95. The molecule has 3 rings (SSSR count). The van der Waals surface area contributed by atoms with Crippen LogP contribution in [0.2, 0.25) is 0 Å². The number of fused-ring (bicyclic) bond motifs is 1. The molecule has 1 amide bonds. The van der Waals surface area contributed by atoms with Gasteiger partial charge in [0, 0.05) is 12.1 Å². The first-order chi connectivity index (χ1) is 12.1. The van der Waals surface area contributed by atoms with E-state index in [1.54, 1.807) is 25.5 Å². The van der Waals surface area contributed by atoms with Crippen molar-refractivity contribution in [2.24, 2.45) is 0 Å². The molecule has 1 aliphatic carbocycles. The number of halogens is 3. The molecule has 1 saturated carbocycles. The molecule has 26 heavy (non-hydrogen) atoms. The Labute approximate surface area is 151 Å². The van der Waals surface area contributed by atoms with Gasteiger partial charge >= 0.3 is 12.3 Å². The lowest BCUT2D eigenvalue weighted by Crippen LogP contribution is -2.40.